The fourth-order valence-electron chi connectivity index (χ4n) is 3.37. The van der Waals surface area contributed by atoms with E-state index in [0.29, 0.717) is 6.10 Å². The van der Waals surface area contributed by atoms with Gasteiger partial charge in [-0.05, 0) is 18.4 Å². The van der Waals surface area contributed by atoms with Crippen molar-refractivity contribution in [3.8, 4) is 0 Å². The van der Waals surface area contributed by atoms with Gasteiger partial charge in [-0.2, -0.15) is 5.10 Å². The fourth-order valence-corrected chi connectivity index (χ4v) is 3.37. The Labute approximate surface area is 143 Å². The van der Waals surface area contributed by atoms with E-state index >= 15 is 0 Å². The Hall–Kier alpha value is -1.69. The summed E-state index contributed by atoms with van der Waals surface area (Å²) in [5, 5.41) is 7.98. The molecular weight excluding hydrogens is 300 g/mol. The van der Waals surface area contributed by atoms with Crippen LogP contribution >= 0.6 is 0 Å². The second-order valence-corrected chi connectivity index (χ2v) is 6.88. The number of ether oxygens (including phenoxy) is 1. The number of rotatable bonds is 7. The lowest BCUT2D eigenvalue weighted by Gasteiger charge is -2.33. The van der Waals surface area contributed by atoms with Crippen LogP contribution in [0.3, 0.4) is 0 Å². The highest BCUT2D eigenvalue weighted by molar-refractivity contribution is 5.15. The number of benzene rings is 1. The minimum Gasteiger partial charge on any atom is -0.374 e. The molecule has 1 saturated carbocycles. The minimum atomic E-state index is 0.318. The summed E-state index contributed by atoms with van der Waals surface area (Å²) >= 11 is 0. The van der Waals surface area contributed by atoms with E-state index in [4.69, 9.17) is 4.74 Å². The van der Waals surface area contributed by atoms with Gasteiger partial charge in [-0.25, -0.2) is 0 Å². The monoisotopic (exact) mass is 326 g/mol. The summed E-state index contributed by atoms with van der Waals surface area (Å²) in [6.07, 6.45) is 7.15. The molecule has 0 unspecified atom stereocenters. The summed E-state index contributed by atoms with van der Waals surface area (Å²) in [7, 11) is 0. The molecule has 1 saturated heterocycles. The first-order valence-corrected chi connectivity index (χ1v) is 8.98. The smallest absolute Gasteiger partial charge is 0.0826 e. The number of hydrogen-bond acceptors (Lipinski definition) is 4. The molecule has 5 nitrogen and oxygen atoms in total. The highest BCUT2D eigenvalue weighted by Crippen LogP contribution is 2.28. The third kappa shape index (κ3) is 4.23. The second kappa shape index (κ2) is 7.47. The fraction of sp³-hybridized carbons (Fsp3) is 0.526. The molecule has 0 radical (unpaired) electrons. The number of morpholine rings is 1. The van der Waals surface area contributed by atoms with Crippen LogP contribution in [0.5, 0.6) is 0 Å². The van der Waals surface area contributed by atoms with Crippen LogP contribution in [-0.4, -0.2) is 53.1 Å². The standard InChI is InChI=1S/C19H26N4O/c1-2-4-16(5-3-1)13-23-14-17(11-21-23)10-20-12-19-15-22(8-9-24-19)18-6-7-18/h1-5,11,14,18-20H,6-10,12-13,15H2/t19-/m1/s1. The van der Waals surface area contributed by atoms with E-state index in [1.54, 1.807) is 0 Å². The highest BCUT2D eigenvalue weighted by Gasteiger charge is 2.32. The molecule has 1 aromatic heterocycles. The highest BCUT2D eigenvalue weighted by atomic mass is 16.5. The third-order valence-electron chi connectivity index (χ3n) is 4.81. The van der Waals surface area contributed by atoms with Crippen molar-refractivity contribution in [1.29, 1.82) is 0 Å². The van der Waals surface area contributed by atoms with Crippen molar-refractivity contribution in [3.63, 3.8) is 0 Å². The van der Waals surface area contributed by atoms with Crippen LogP contribution in [0.1, 0.15) is 24.0 Å². The molecule has 0 amide bonds. The molecule has 4 rings (SSSR count). The van der Waals surface area contributed by atoms with Crippen LogP contribution in [0.25, 0.3) is 0 Å². The number of nitrogens with one attached hydrogen (secondary N) is 1. The van der Waals surface area contributed by atoms with Gasteiger partial charge in [-0.3, -0.25) is 9.58 Å². The van der Waals surface area contributed by atoms with Crippen LogP contribution in [0, 0.1) is 0 Å². The first kappa shape index (κ1) is 15.8. The first-order valence-electron chi connectivity index (χ1n) is 8.98. The van der Waals surface area contributed by atoms with Gasteiger partial charge in [0, 0.05) is 44.0 Å². The summed E-state index contributed by atoms with van der Waals surface area (Å²) in [5.74, 6) is 0. The van der Waals surface area contributed by atoms with Gasteiger partial charge in [-0.15, -0.1) is 0 Å². The SMILES string of the molecule is c1ccc(Cn2cc(CNC[C@@H]3CN(C4CC4)CCO3)cn2)cc1. The average molecular weight is 326 g/mol. The molecule has 24 heavy (non-hydrogen) atoms. The molecule has 0 spiro atoms. The Morgan fingerprint density at radius 1 is 1.17 bits per heavy atom. The van der Waals surface area contributed by atoms with E-state index < -0.39 is 0 Å². The molecule has 2 aromatic rings. The number of aromatic nitrogens is 2. The van der Waals surface area contributed by atoms with Gasteiger partial charge in [0.25, 0.3) is 0 Å². The molecule has 2 heterocycles. The van der Waals surface area contributed by atoms with Crippen LogP contribution in [0.4, 0.5) is 0 Å². The van der Waals surface area contributed by atoms with Crippen molar-refractivity contribution in [1.82, 2.24) is 20.0 Å². The summed E-state index contributed by atoms with van der Waals surface area (Å²) < 4.78 is 7.88. The van der Waals surface area contributed by atoms with E-state index in [1.165, 1.54) is 24.0 Å². The van der Waals surface area contributed by atoms with Crippen LogP contribution < -0.4 is 5.32 Å². The molecular formula is C19H26N4O. The van der Waals surface area contributed by atoms with Gasteiger partial charge in [0.15, 0.2) is 0 Å². The van der Waals surface area contributed by atoms with Gasteiger partial charge < -0.3 is 10.1 Å². The number of nitrogens with zero attached hydrogens (tertiary/aromatic N) is 3. The maximum Gasteiger partial charge on any atom is 0.0826 e. The second-order valence-electron chi connectivity index (χ2n) is 6.88. The van der Waals surface area contributed by atoms with Crippen molar-refractivity contribution < 1.29 is 4.74 Å². The van der Waals surface area contributed by atoms with E-state index in [9.17, 15) is 0 Å². The van der Waals surface area contributed by atoms with E-state index in [0.717, 1.165) is 45.4 Å². The largest absolute Gasteiger partial charge is 0.374 e. The van der Waals surface area contributed by atoms with Crippen molar-refractivity contribution in [2.75, 3.05) is 26.2 Å². The maximum absolute atomic E-state index is 5.88. The van der Waals surface area contributed by atoms with Crippen molar-refractivity contribution >= 4 is 0 Å². The summed E-state index contributed by atoms with van der Waals surface area (Å²) in [5.41, 5.74) is 2.50. The van der Waals surface area contributed by atoms with Crippen LogP contribution in [-0.2, 0) is 17.8 Å². The lowest BCUT2D eigenvalue weighted by atomic mass is 10.2. The Balaban J connectivity index is 1.21. The van der Waals surface area contributed by atoms with Crippen molar-refractivity contribution in [3.05, 3.63) is 53.9 Å². The Bertz CT molecular complexity index is 638. The quantitative estimate of drug-likeness (QED) is 0.844. The molecule has 0 bridgehead atoms. The van der Waals surface area contributed by atoms with E-state index in [2.05, 4.69) is 45.8 Å². The summed E-state index contributed by atoms with van der Waals surface area (Å²) in [4.78, 5) is 2.59. The first-order chi connectivity index (χ1) is 11.9. The maximum atomic E-state index is 5.88. The predicted octanol–water partition coefficient (Wildman–Crippen LogP) is 1.88. The Kier molecular flexibility index (Phi) is 4.92. The topological polar surface area (TPSA) is 42.3 Å². The summed E-state index contributed by atoms with van der Waals surface area (Å²) in [6.45, 7) is 5.63. The zero-order valence-corrected chi connectivity index (χ0v) is 14.1. The molecule has 1 N–H and O–H groups in total. The minimum absolute atomic E-state index is 0.318. The molecule has 1 aromatic carbocycles. The van der Waals surface area contributed by atoms with E-state index in [1.807, 2.05) is 16.9 Å². The zero-order chi connectivity index (χ0) is 16.2. The zero-order valence-electron chi connectivity index (χ0n) is 14.1. The molecule has 1 atom stereocenters. The lowest BCUT2D eigenvalue weighted by molar-refractivity contribution is -0.0301. The molecule has 128 valence electrons. The Morgan fingerprint density at radius 3 is 2.88 bits per heavy atom. The van der Waals surface area contributed by atoms with Gasteiger partial charge >= 0.3 is 0 Å². The van der Waals surface area contributed by atoms with Crippen molar-refractivity contribution in [2.24, 2.45) is 0 Å². The van der Waals surface area contributed by atoms with Gasteiger partial charge in [0.1, 0.15) is 0 Å². The molecule has 5 heteroatoms. The molecule has 1 aliphatic heterocycles. The average Bonchev–Trinajstić information content (AvgIpc) is 3.38. The van der Waals surface area contributed by atoms with Crippen molar-refractivity contribution in [2.45, 2.75) is 38.1 Å². The predicted molar refractivity (Wildman–Crippen MR) is 93.8 cm³/mol. The molecule has 2 aliphatic rings. The molecule has 2 fully saturated rings. The molecule has 1 aliphatic carbocycles. The number of hydrogen-bond donors (Lipinski definition) is 1. The van der Waals surface area contributed by atoms with Gasteiger partial charge in [0.2, 0.25) is 0 Å². The van der Waals surface area contributed by atoms with Crippen LogP contribution in [0.15, 0.2) is 42.7 Å². The normalized spacial score (nSPS) is 21.9. The summed E-state index contributed by atoms with van der Waals surface area (Å²) in [6, 6.07) is 11.3. The van der Waals surface area contributed by atoms with Gasteiger partial charge in [0.05, 0.1) is 25.5 Å². The van der Waals surface area contributed by atoms with Gasteiger partial charge in [-0.1, -0.05) is 30.3 Å². The van der Waals surface area contributed by atoms with Crippen LogP contribution in [0.2, 0.25) is 0 Å². The third-order valence-corrected chi connectivity index (χ3v) is 4.81. The lowest BCUT2D eigenvalue weighted by Crippen LogP contribution is -2.47. The Morgan fingerprint density at radius 2 is 2.04 bits per heavy atom. The van der Waals surface area contributed by atoms with E-state index in [-0.39, 0.29) is 0 Å².